The Kier molecular flexibility index (Phi) is 9.32. The van der Waals surface area contributed by atoms with Gasteiger partial charge in [0.15, 0.2) is 0 Å². The van der Waals surface area contributed by atoms with Crippen LogP contribution in [0.2, 0.25) is 0 Å². The molecule has 1 aromatic rings. The molecule has 0 bridgehead atoms. The smallest absolute Gasteiger partial charge is 0.0832 e. The molecule has 0 aromatic heterocycles. The third-order valence-corrected chi connectivity index (χ3v) is 2.81. The van der Waals surface area contributed by atoms with Gasteiger partial charge in [-0.1, -0.05) is 34.6 Å². The quantitative estimate of drug-likeness (QED) is 0.642. The Morgan fingerprint density at radius 1 is 0.929 bits per heavy atom. The molecule has 0 atom stereocenters. The summed E-state index contributed by atoms with van der Waals surface area (Å²) in [5.74, 6) is 0. The SMILES string of the molecule is Cc1c(C)c(C)[c-](C)c1C.ClOCl.[V]. The molecule has 81 valence electrons. The van der Waals surface area contributed by atoms with Gasteiger partial charge in [0.25, 0.3) is 0 Å². The summed E-state index contributed by atoms with van der Waals surface area (Å²) in [7, 11) is 0. The van der Waals surface area contributed by atoms with E-state index in [1.807, 2.05) is 0 Å². The third-order valence-electron chi connectivity index (χ3n) is 2.81. The maximum atomic E-state index is 4.26. The minimum absolute atomic E-state index is 0. The van der Waals surface area contributed by atoms with Crippen LogP contribution in [0.3, 0.4) is 0 Å². The molecule has 1 radical (unpaired) electrons. The van der Waals surface area contributed by atoms with Gasteiger partial charge in [0.05, 0.1) is 23.7 Å². The van der Waals surface area contributed by atoms with Gasteiger partial charge in [-0.2, -0.15) is 31.7 Å². The fraction of sp³-hybridized carbons (Fsp3) is 0.500. The minimum atomic E-state index is 0. The van der Waals surface area contributed by atoms with Gasteiger partial charge in [-0.25, -0.2) is 0 Å². The van der Waals surface area contributed by atoms with Crippen LogP contribution in [-0.4, -0.2) is 0 Å². The van der Waals surface area contributed by atoms with Crippen LogP contribution >= 0.6 is 23.7 Å². The second-order valence-corrected chi connectivity index (χ2v) is 3.65. The first-order valence-corrected chi connectivity index (χ1v) is 4.68. The average molecular weight is 273 g/mol. The summed E-state index contributed by atoms with van der Waals surface area (Å²) in [6.45, 7) is 11.0. The van der Waals surface area contributed by atoms with Crippen molar-refractivity contribution in [2.45, 2.75) is 34.6 Å². The van der Waals surface area contributed by atoms with Crippen LogP contribution < -0.4 is 0 Å². The molecule has 0 aliphatic heterocycles. The topological polar surface area (TPSA) is 9.23 Å². The van der Waals surface area contributed by atoms with Gasteiger partial charge in [0, 0.05) is 18.6 Å². The zero-order valence-corrected chi connectivity index (χ0v) is 12.0. The van der Waals surface area contributed by atoms with Crippen molar-refractivity contribution in [2.75, 3.05) is 0 Å². The monoisotopic (exact) mass is 272 g/mol. The predicted octanol–water partition coefficient (Wildman–Crippen LogP) is 4.26. The van der Waals surface area contributed by atoms with E-state index in [0.29, 0.717) is 0 Å². The molecule has 0 aliphatic rings. The van der Waals surface area contributed by atoms with Crippen LogP contribution in [0.5, 0.6) is 0 Å². The van der Waals surface area contributed by atoms with E-state index in [4.69, 9.17) is 0 Å². The van der Waals surface area contributed by atoms with E-state index in [1.165, 1.54) is 27.8 Å². The van der Waals surface area contributed by atoms with Gasteiger partial charge in [-0.05, 0) is 0 Å². The largest absolute Gasteiger partial charge is 0.196 e. The molecule has 0 heterocycles. The van der Waals surface area contributed by atoms with Crippen molar-refractivity contribution in [2.24, 2.45) is 0 Å². The van der Waals surface area contributed by atoms with Gasteiger partial charge in [-0.3, -0.25) is 0 Å². The molecular formula is C10H15Cl2OV-. The summed E-state index contributed by atoms with van der Waals surface area (Å²) < 4.78 is 3.19. The fourth-order valence-corrected chi connectivity index (χ4v) is 1.41. The molecule has 0 unspecified atom stereocenters. The van der Waals surface area contributed by atoms with Crippen molar-refractivity contribution in [3.63, 3.8) is 0 Å². The van der Waals surface area contributed by atoms with Crippen molar-refractivity contribution in [1.82, 2.24) is 0 Å². The summed E-state index contributed by atoms with van der Waals surface area (Å²) in [6.07, 6.45) is 0. The first-order valence-electron chi connectivity index (χ1n) is 4.06. The second-order valence-electron chi connectivity index (χ2n) is 3.18. The maximum absolute atomic E-state index is 4.26. The first kappa shape index (κ1) is 16.9. The van der Waals surface area contributed by atoms with Crippen molar-refractivity contribution in [3.8, 4) is 0 Å². The number of hydrogen-bond acceptors (Lipinski definition) is 1. The predicted molar refractivity (Wildman–Crippen MR) is 58.5 cm³/mol. The molecule has 0 saturated carbocycles. The minimum Gasteiger partial charge on any atom is -0.196 e. The van der Waals surface area contributed by atoms with Crippen LogP contribution in [0.25, 0.3) is 0 Å². The van der Waals surface area contributed by atoms with E-state index >= 15 is 0 Å². The third kappa shape index (κ3) is 3.92. The normalized spacial score (nSPS) is 8.79. The molecule has 0 aliphatic carbocycles. The standard InChI is InChI=1S/C10H15.Cl2O.V/c1-6-7(2)9(4)10(5)8(6)3;1-3-2;/h1-5H3;;/q-1;;. The Bertz CT molecular complexity index is 202. The Labute approximate surface area is 108 Å². The van der Waals surface area contributed by atoms with E-state index in [2.05, 4.69) is 62.2 Å². The van der Waals surface area contributed by atoms with Gasteiger partial charge in [-0.15, -0.1) is 0 Å². The molecule has 1 aromatic carbocycles. The number of halogens is 2. The van der Waals surface area contributed by atoms with Crippen LogP contribution in [-0.2, 0) is 22.4 Å². The molecule has 0 N–H and O–H groups in total. The Morgan fingerprint density at radius 3 is 1.21 bits per heavy atom. The Morgan fingerprint density at radius 2 is 1.14 bits per heavy atom. The van der Waals surface area contributed by atoms with E-state index in [1.54, 1.807) is 0 Å². The van der Waals surface area contributed by atoms with E-state index in [9.17, 15) is 0 Å². The Hall–Kier alpha value is 0.474. The molecule has 0 fully saturated rings. The van der Waals surface area contributed by atoms with Crippen LogP contribution in [0.4, 0.5) is 0 Å². The van der Waals surface area contributed by atoms with Gasteiger partial charge >= 0.3 is 0 Å². The molecule has 14 heavy (non-hydrogen) atoms. The zero-order chi connectivity index (χ0) is 10.6. The first-order chi connectivity index (χ1) is 5.97. The van der Waals surface area contributed by atoms with Gasteiger partial charge < -0.3 is 0 Å². The molecule has 0 spiro atoms. The molecule has 1 nitrogen and oxygen atoms in total. The van der Waals surface area contributed by atoms with Crippen LogP contribution in [0.1, 0.15) is 27.8 Å². The number of hydrogen-bond donors (Lipinski definition) is 0. The van der Waals surface area contributed by atoms with Crippen molar-refractivity contribution in [1.29, 1.82) is 0 Å². The molecule has 0 amide bonds. The summed E-state index contributed by atoms with van der Waals surface area (Å²) in [5, 5.41) is 0. The van der Waals surface area contributed by atoms with E-state index < -0.39 is 0 Å². The van der Waals surface area contributed by atoms with Gasteiger partial charge in [0.2, 0.25) is 0 Å². The van der Waals surface area contributed by atoms with E-state index in [-0.39, 0.29) is 18.6 Å². The molecule has 4 heteroatoms. The Balaban J connectivity index is 0. The fourth-order valence-electron chi connectivity index (χ4n) is 1.41. The molecule has 0 saturated heterocycles. The maximum Gasteiger partial charge on any atom is 0.0832 e. The van der Waals surface area contributed by atoms with Crippen LogP contribution in [0.15, 0.2) is 0 Å². The summed E-state index contributed by atoms with van der Waals surface area (Å²) in [5.41, 5.74) is 7.34. The summed E-state index contributed by atoms with van der Waals surface area (Å²) in [6, 6.07) is 0. The van der Waals surface area contributed by atoms with Crippen molar-refractivity contribution in [3.05, 3.63) is 27.8 Å². The van der Waals surface area contributed by atoms with E-state index in [0.717, 1.165) is 0 Å². The van der Waals surface area contributed by atoms with Crippen LogP contribution in [0, 0.1) is 34.6 Å². The second kappa shape index (κ2) is 7.73. The summed E-state index contributed by atoms with van der Waals surface area (Å²) in [4.78, 5) is 0. The average Bonchev–Trinajstić information content (AvgIpc) is 2.25. The van der Waals surface area contributed by atoms with Gasteiger partial charge in [0.1, 0.15) is 0 Å². The number of rotatable bonds is 0. The molecule has 1 rings (SSSR count). The molecular weight excluding hydrogens is 258 g/mol. The summed E-state index contributed by atoms with van der Waals surface area (Å²) >= 11 is 8.53. The van der Waals surface area contributed by atoms with Crippen molar-refractivity contribution < 1.29 is 22.4 Å². The van der Waals surface area contributed by atoms with Crippen molar-refractivity contribution >= 4 is 23.7 Å². The zero-order valence-electron chi connectivity index (χ0n) is 9.11.